The summed E-state index contributed by atoms with van der Waals surface area (Å²) in [5, 5.41) is 20.8. The predicted octanol–water partition coefficient (Wildman–Crippen LogP) is 3.64. The highest BCUT2D eigenvalue weighted by Gasteiger charge is 2.29. The lowest BCUT2D eigenvalue weighted by molar-refractivity contribution is -0.150. The van der Waals surface area contributed by atoms with Crippen molar-refractivity contribution in [2.24, 2.45) is 0 Å². The zero-order valence-electron chi connectivity index (χ0n) is 21.8. The van der Waals surface area contributed by atoms with Crippen molar-refractivity contribution >= 4 is 17.8 Å². The Hall–Kier alpha value is -5.22. The zero-order chi connectivity index (χ0) is 28.5. The Kier molecular flexibility index (Phi) is 9.33. The second-order valence-electron chi connectivity index (χ2n) is 8.57. The van der Waals surface area contributed by atoms with E-state index in [9.17, 15) is 14.4 Å². The van der Waals surface area contributed by atoms with Gasteiger partial charge in [-0.15, -0.1) is 0 Å². The van der Waals surface area contributed by atoms with E-state index in [1.165, 1.54) is 33.2 Å². The van der Waals surface area contributed by atoms with Crippen LogP contribution in [0.5, 0.6) is 11.5 Å². The van der Waals surface area contributed by atoms with Gasteiger partial charge in [-0.25, -0.2) is 9.78 Å². The van der Waals surface area contributed by atoms with Crippen molar-refractivity contribution in [1.29, 1.82) is 10.5 Å². The molecule has 1 aromatic heterocycles. The number of hydrogen-bond donors (Lipinski definition) is 1. The quantitative estimate of drug-likeness (QED) is 0.412. The first-order chi connectivity index (χ1) is 18.7. The van der Waals surface area contributed by atoms with Crippen LogP contribution in [0.15, 0.2) is 60.8 Å². The molecular formula is C29H26N4O6. The third kappa shape index (κ3) is 6.96. The van der Waals surface area contributed by atoms with E-state index in [0.29, 0.717) is 11.1 Å². The van der Waals surface area contributed by atoms with Crippen molar-refractivity contribution in [1.82, 2.24) is 10.3 Å². The molecule has 0 unspecified atom stereocenters. The van der Waals surface area contributed by atoms with Crippen LogP contribution in [0.4, 0.5) is 0 Å². The Balaban J connectivity index is 1.81. The maximum absolute atomic E-state index is 13.0. The zero-order valence-corrected chi connectivity index (χ0v) is 21.8. The van der Waals surface area contributed by atoms with Crippen molar-refractivity contribution in [3.8, 4) is 23.6 Å². The molecule has 10 nitrogen and oxygen atoms in total. The number of rotatable bonds is 9. The minimum absolute atomic E-state index is 0.127. The van der Waals surface area contributed by atoms with Gasteiger partial charge in [0.2, 0.25) is 5.75 Å². The summed E-state index contributed by atoms with van der Waals surface area (Å²) < 4.78 is 16.0. The summed E-state index contributed by atoms with van der Waals surface area (Å²) >= 11 is 0. The average molecular weight is 527 g/mol. The standard InChI is InChI=1S/C29H26N4O6/c1-17(33-28(35)26-27(39-19(3)34)24(37-4)13-14-32-26)29(36)38-18(2)25(22-9-5-20(15-30)6-10-22)23-11-7-21(16-31)8-12-23/h5-14,17-18,25H,1-4H3,(H,33,35)/t17-,18-/m0/s1. The van der Waals surface area contributed by atoms with Crippen LogP contribution in [0.25, 0.3) is 0 Å². The topological polar surface area (TPSA) is 151 Å². The van der Waals surface area contributed by atoms with Gasteiger partial charge in [0.25, 0.3) is 5.91 Å². The summed E-state index contributed by atoms with van der Waals surface area (Å²) in [7, 11) is 1.35. The molecule has 39 heavy (non-hydrogen) atoms. The highest BCUT2D eigenvalue weighted by Crippen LogP contribution is 2.31. The highest BCUT2D eigenvalue weighted by atomic mass is 16.6. The van der Waals surface area contributed by atoms with E-state index < -0.39 is 35.9 Å². The number of nitrogens with one attached hydrogen (secondary N) is 1. The first-order valence-corrected chi connectivity index (χ1v) is 11.9. The van der Waals surface area contributed by atoms with Gasteiger partial charge < -0.3 is 19.5 Å². The van der Waals surface area contributed by atoms with Gasteiger partial charge in [-0.05, 0) is 49.2 Å². The van der Waals surface area contributed by atoms with Crippen LogP contribution in [0.3, 0.4) is 0 Å². The Morgan fingerprint density at radius 1 is 0.897 bits per heavy atom. The molecule has 198 valence electrons. The summed E-state index contributed by atoms with van der Waals surface area (Å²) in [6, 6.07) is 18.3. The van der Waals surface area contributed by atoms with Gasteiger partial charge in [-0.2, -0.15) is 10.5 Å². The second kappa shape index (κ2) is 12.8. The lowest BCUT2D eigenvalue weighted by atomic mass is 9.86. The first-order valence-electron chi connectivity index (χ1n) is 11.9. The van der Waals surface area contributed by atoms with Crippen molar-refractivity contribution < 1.29 is 28.6 Å². The average Bonchev–Trinajstić information content (AvgIpc) is 2.93. The lowest BCUT2D eigenvalue weighted by Gasteiger charge is -2.26. The molecule has 0 fully saturated rings. The number of carbonyl (C=O) groups excluding carboxylic acids is 3. The monoisotopic (exact) mass is 526 g/mol. The summed E-state index contributed by atoms with van der Waals surface area (Å²) in [5.41, 5.74) is 2.32. The maximum atomic E-state index is 13.0. The van der Waals surface area contributed by atoms with Gasteiger partial charge in [-0.3, -0.25) is 9.59 Å². The molecule has 1 heterocycles. The molecule has 0 aliphatic rings. The van der Waals surface area contributed by atoms with Crippen molar-refractivity contribution in [3.63, 3.8) is 0 Å². The number of amides is 1. The van der Waals surface area contributed by atoms with Gasteiger partial charge >= 0.3 is 11.9 Å². The van der Waals surface area contributed by atoms with Crippen LogP contribution in [0.2, 0.25) is 0 Å². The SMILES string of the molecule is COc1ccnc(C(=O)N[C@@H](C)C(=O)O[C@@H](C)C(c2ccc(C#N)cc2)c2ccc(C#N)cc2)c1OC(C)=O. The minimum atomic E-state index is -1.08. The molecule has 1 N–H and O–H groups in total. The van der Waals surface area contributed by atoms with Crippen LogP contribution in [0.1, 0.15) is 59.4 Å². The number of aromatic nitrogens is 1. The van der Waals surface area contributed by atoms with Crippen LogP contribution in [0, 0.1) is 22.7 Å². The maximum Gasteiger partial charge on any atom is 0.328 e. The fourth-order valence-electron chi connectivity index (χ4n) is 3.94. The largest absolute Gasteiger partial charge is 0.493 e. The fourth-order valence-corrected chi connectivity index (χ4v) is 3.94. The van der Waals surface area contributed by atoms with E-state index in [0.717, 1.165) is 11.1 Å². The molecule has 0 bridgehead atoms. The van der Waals surface area contributed by atoms with Crippen molar-refractivity contribution in [3.05, 3.63) is 88.7 Å². The number of carbonyl (C=O) groups is 3. The minimum Gasteiger partial charge on any atom is -0.493 e. The molecule has 3 aromatic rings. The number of pyridine rings is 1. The van der Waals surface area contributed by atoms with Gasteiger partial charge in [-0.1, -0.05) is 24.3 Å². The Morgan fingerprint density at radius 3 is 1.90 bits per heavy atom. The Bertz CT molecular complexity index is 1380. The van der Waals surface area contributed by atoms with E-state index >= 15 is 0 Å². The van der Waals surface area contributed by atoms with E-state index in [4.69, 9.17) is 24.7 Å². The van der Waals surface area contributed by atoms with Crippen molar-refractivity contribution in [2.45, 2.75) is 38.8 Å². The molecule has 0 saturated carbocycles. The molecule has 10 heteroatoms. The second-order valence-corrected chi connectivity index (χ2v) is 8.57. The predicted molar refractivity (Wildman–Crippen MR) is 139 cm³/mol. The van der Waals surface area contributed by atoms with Crippen LogP contribution < -0.4 is 14.8 Å². The number of ether oxygens (including phenoxy) is 3. The lowest BCUT2D eigenvalue weighted by Crippen LogP contribution is -2.41. The van der Waals surface area contributed by atoms with E-state index in [-0.39, 0.29) is 17.2 Å². The van der Waals surface area contributed by atoms with Gasteiger partial charge in [0.15, 0.2) is 11.4 Å². The van der Waals surface area contributed by atoms with Gasteiger partial charge in [0, 0.05) is 25.1 Å². The summed E-state index contributed by atoms with van der Waals surface area (Å²) in [6.45, 7) is 4.35. The molecule has 0 aliphatic heterocycles. The number of methoxy groups -OCH3 is 1. The molecular weight excluding hydrogens is 500 g/mol. The van der Waals surface area contributed by atoms with Gasteiger partial charge in [0.05, 0.1) is 30.4 Å². The smallest absolute Gasteiger partial charge is 0.328 e. The molecule has 1 amide bonds. The number of benzene rings is 2. The van der Waals surface area contributed by atoms with E-state index in [2.05, 4.69) is 22.4 Å². The van der Waals surface area contributed by atoms with Crippen LogP contribution >= 0.6 is 0 Å². The van der Waals surface area contributed by atoms with Gasteiger partial charge in [0.1, 0.15) is 12.1 Å². The summed E-state index contributed by atoms with van der Waals surface area (Å²) in [6.07, 6.45) is 0.621. The van der Waals surface area contributed by atoms with Crippen molar-refractivity contribution in [2.75, 3.05) is 7.11 Å². The first kappa shape index (κ1) is 28.4. The Labute approximate surface area is 225 Å². The molecule has 3 rings (SSSR count). The number of nitrogens with zero attached hydrogens (tertiary/aromatic N) is 3. The Morgan fingerprint density at radius 2 is 1.44 bits per heavy atom. The van der Waals surface area contributed by atoms with E-state index in [1.54, 1.807) is 55.5 Å². The van der Waals surface area contributed by atoms with E-state index in [1.807, 2.05) is 0 Å². The molecule has 0 saturated heterocycles. The molecule has 2 atom stereocenters. The number of nitriles is 2. The molecule has 2 aromatic carbocycles. The molecule has 0 spiro atoms. The third-order valence-corrected chi connectivity index (χ3v) is 5.82. The third-order valence-electron chi connectivity index (χ3n) is 5.82. The van der Waals surface area contributed by atoms with Crippen LogP contribution in [-0.4, -0.2) is 42.1 Å². The summed E-state index contributed by atoms with van der Waals surface area (Å²) in [5.74, 6) is -2.61. The van der Waals surface area contributed by atoms with Crippen LogP contribution in [-0.2, 0) is 14.3 Å². The normalized spacial score (nSPS) is 11.9. The fraction of sp³-hybridized carbons (Fsp3) is 0.241. The molecule has 0 aliphatic carbocycles. The molecule has 0 radical (unpaired) electrons. The summed E-state index contributed by atoms with van der Waals surface area (Å²) in [4.78, 5) is 41.5. The number of esters is 2. The number of hydrogen-bond acceptors (Lipinski definition) is 9. The highest BCUT2D eigenvalue weighted by molar-refractivity contribution is 5.98.